The zero-order valence-corrected chi connectivity index (χ0v) is 7.90. The van der Waals surface area contributed by atoms with Gasteiger partial charge in [0.15, 0.2) is 0 Å². The van der Waals surface area contributed by atoms with Gasteiger partial charge >= 0.3 is 6.03 Å². The van der Waals surface area contributed by atoms with Gasteiger partial charge in [-0.15, -0.1) is 14.8 Å². The maximum absolute atomic E-state index is 11.4. The molecule has 0 aromatic heterocycles. The molecule has 15 heavy (non-hydrogen) atoms. The van der Waals surface area contributed by atoms with Crippen LogP contribution in [0.2, 0.25) is 0 Å². The quantitative estimate of drug-likeness (QED) is 0.561. The molecule has 0 spiro atoms. The van der Waals surface area contributed by atoms with Crippen LogP contribution in [0.15, 0.2) is 40.9 Å². The first-order valence-corrected chi connectivity index (χ1v) is 4.00. The van der Waals surface area contributed by atoms with Crippen molar-refractivity contribution in [3.05, 3.63) is 40.1 Å². The predicted octanol–water partition coefficient (Wildman–Crippen LogP) is 1.91. The molecule has 0 bridgehead atoms. The molecule has 1 aromatic rings. The molecular formula is C8H8N4O3. The first-order chi connectivity index (χ1) is 7.20. The first-order valence-electron chi connectivity index (χ1n) is 4.00. The summed E-state index contributed by atoms with van der Waals surface area (Å²) in [6.45, 7) is 0. The second-order valence-electron chi connectivity index (χ2n) is 2.62. The van der Waals surface area contributed by atoms with Gasteiger partial charge < -0.3 is 0 Å². The summed E-state index contributed by atoms with van der Waals surface area (Å²) < 4.78 is 0. The lowest BCUT2D eigenvalue weighted by Gasteiger charge is -2.15. The number of carbonyl (C=O) groups excluding carboxylic acids is 1. The van der Waals surface area contributed by atoms with Gasteiger partial charge in [0.2, 0.25) is 0 Å². The van der Waals surface area contributed by atoms with E-state index in [9.17, 15) is 14.6 Å². The lowest BCUT2D eigenvalue weighted by molar-refractivity contribution is 0.217. The van der Waals surface area contributed by atoms with Crippen LogP contribution in [0.1, 0.15) is 0 Å². The van der Waals surface area contributed by atoms with Crippen molar-refractivity contribution in [3.63, 3.8) is 0 Å². The minimum Gasteiger partial charge on any atom is -0.244 e. The van der Waals surface area contributed by atoms with Gasteiger partial charge in [-0.2, -0.15) is 5.01 Å². The number of hydrogen-bond acceptors (Lipinski definition) is 5. The van der Waals surface area contributed by atoms with Crippen LogP contribution in [0.4, 0.5) is 10.5 Å². The molecule has 0 aliphatic heterocycles. The first kappa shape index (κ1) is 10.8. The molecule has 0 radical (unpaired) electrons. The van der Waals surface area contributed by atoms with Crippen LogP contribution in [0.5, 0.6) is 0 Å². The van der Waals surface area contributed by atoms with E-state index >= 15 is 0 Å². The highest BCUT2D eigenvalue weighted by atomic mass is 16.3. The van der Waals surface area contributed by atoms with Crippen molar-refractivity contribution < 1.29 is 4.79 Å². The van der Waals surface area contributed by atoms with Gasteiger partial charge in [-0.05, 0) is 12.1 Å². The molecule has 0 aliphatic rings. The summed E-state index contributed by atoms with van der Waals surface area (Å²) in [5, 5.41) is 5.92. The summed E-state index contributed by atoms with van der Waals surface area (Å²) in [4.78, 5) is 31.9. The Labute approximate surface area is 85.2 Å². The van der Waals surface area contributed by atoms with Crippen LogP contribution in [-0.4, -0.2) is 18.1 Å². The highest BCUT2D eigenvalue weighted by molar-refractivity contribution is 5.90. The Morgan fingerprint density at radius 3 is 2.20 bits per heavy atom. The molecular weight excluding hydrogens is 200 g/mol. The summed E-state index contributed by atoms with van der Waals surface area (Å²) in [5.41, 5.74) is 0.271. The number of nitroso groups, excluding NO2 is 2. The summed E-state index contributed by atoms with van der Waals surface area (Å²) in [7, 11) is 1.14. The number of para-hydroxylation sites is 1. The molecule has 7 heteroatoms. The molecule has 7 nitrogen and oxygen atoms in total. The Balaban J connectivity index is 2.95. The summed E-state index contributed by atoms with van der Waals surface area (Å²) in [6, 6.07) is 7.10. The molecule has 0 fully saturated rings. The molecule has 0 aliphatic carbocycles. The van der Waals surface area contributed by atoms with Crippen molar-refractivity contribution in [2.45, 2.75) is 0 Å². The third-order valence-corrected chi connectivity index (χ3v) is 1.66. The van der Waals surface area contributed by atoms with Crippen LogP contribution < -0.4 is 5.01 Å². The standard InChI is InChI=1S/C8H8N4O3/c1-11(9-14)8(13)12(10-15)7-5-3-2-4-6-7/h2-6H,1H3. The van der Waals surface area contributed by atoms with E-state index in [1.165, 1.54) is 12.1 Å². The van der Waals surface area contributed by atoms with Gasteiger partial charge in [-0.3, -0.25) is 0 Å². The zero-order valence-electron chi connectivity index (χ0n) is 7.90. The Morgan fingerprint density at radius 1 is 1.13 bits per heavy atom. The highest BCUT2D eigenvalue weighted by Gasteiger charge is 2.20. The fourth-order valence-corrected chi connectivity index (χ4v) is 0.934. The van der Waals surface area contributed by atoms with E-state index in [-0.39, 0.29) is 5.69 Å². The van der Waals surface area contributed by atoms with Crippen molar-refractivity contribution in [1.82, 2.24) is 5.01 Å². The van der Waals surface area contributed by atoms with Crippen LogP contribution in [0, 0.1) is 9.81 Å². The molecule has 0 saturated carbocycles. The molecule has 2 amide bonds. The van der Waals surface area contributed by atoms with E-state index in [1.807, 2.05) is 0 Å². The van der Waals surface area contributed by atoms with Crippen LogP contribution in [-0.2, 0) is 0 Å². The van der Waals surface area contributed by atoms with Gasteiger partial charge in [-0.25, -0.2) is 4.79 Å². The van der Waals surface area contributed by atoms with Crippen LogP contribution >= 0.6 is 0 Å². The molecule has 78 valence electrons. The van der Waals surface area contributed by atoms with Crippen molar-refractivity contribution in [2.24, 2.45) is 10.6 Å². The van der Waals surface area contributed by atoms with E-state index in [1.54, 1.807) is 18.2 Å². The lowest BCUT2D eigenvalue weighted by atomic mass is 10.3. The van der Waals surface area contributed by atoms with E-state index < -0.39 is 6.03 Å². The van der Waals surface area contributed by atoms with Crippen LogP contribution in [0.3, 0.4) is 0 Å². The van der Waals surface area contributed by atoms with E-state index in [2.05, 4.69) is 10.6 Å². The number of amides is 2. The predicted molar refractivity (Wildman–Crippen MR) is 53.7 cm³/mol. The van der Waals surface area contributed by atoms with Crippen molar-refractivity contribution >= 4 is 11.7 Å². The summed E-state index contributed by atoms with van der Waals surface area (Å²) >= 11 is 0. The highest BCUT2D eigenvalue weighted by Crippen LogP contribution is 2.15. The number of anilines is 1. The SMILES string of the molecule is CN(N=O)C(=O)N(N=O)c1ccccc1. The summed E-state index contributed by atoms with van der Waals surface area (Å²) in [5.74, 6) is 0. The largest absolute Gasteiger partial charge is 0.370 e. The Hall–Kier alpha value is -2.31. The molecule has 0 atom stereocenters. The summed E-state index contributed by atoms with van der Waals surface area (Å²) in [6.07, 6.45) is 0. The number of benzene rings is 1. The molecule has 1 rings (SSSR count). The third kappa shape index (κ3) is 2.33. The van der Waals surface area contributed by atoms with E-state index in [0.29, 0.717) is 10.0 Å². The fraction of sp³-hybridized carbons (Fsp3) is 0.125. The van der Waals surface area contributed by atoms with Gasteiger partial charge in [-0.1, -0.05) is 18.2 Å². The smallest absolute Gasteiger partial charge is 0.244 e. The number of rotatable bonds is 3. The van der Waals surface area contributed by atoms with Crippen LogP contribution in [0.25, 0.3) is 0 Å². The average molecular weight is 208 g/mol. The number of urea groups is 1. The maximum Gasteiger partial charge on any atom is 0.370 e. The molecule has 0 saturated heterocycles. The van der Waals surface area contributed by atoms with Gasteiger partial charge in [0.1, 0.15) is 0 Å². The molecule has 0 heterocycles. The molecule has 0 N–H and O–H groups in total. The fourth-order valence-electron chi connectivity index (χ4n) is 0.934. The van der Waals surface area contributed by atoms with Crippen molar-refractivity contribution in [3.8, 4) is 0 Å². The molecule has 1 aromatic carbocycles. The van der Waals surface area contributed by atoms with Gasteiger partial charge in [0, 0.05) is 7.05 Å². The monoisotopic (exact) mass is 208 g/mol. The Kier molecular flexibility index (Phi) is 3.44. The van der Waals surface area contributed by atoms with Crippen molar-refractivity contribution in [2.75, 3.05) is 12.1 Å². The minimum atomic E-state index is -0.911. The normalized spacial score (nSPS) is 9.13. The lowest BCUT2D eigenvalue weighted by Crippen LogP contribution is -2.34. The Bertz CT molecular complexity index is 367. The zero-order chi connectivity index (χ0) is 11.3. The van der Waals surface area contributed by atoms with E-state index in [0.717, 1.165) is 7.05 Å². The number of nitrogens with zero attached hydrogens (tertiary/aromatic N) is 4. The van der Waals surface area contributed by atoms with Gasteiger partial charge in [0.05, 0.1) is 16.3 Å². The topological polar surface area (TPSA) is 82.4 Å². The molecule has 0 unspecified atom stereocenters. The average Bonchev–Trinajstić information content (AvgIpc) is 2.30. The second kappa shape index (κ2) is 4.80. The van der Waals surface area contributed by atoms with Crippen molar-refractivity contribution in [1.29, 1.82) is 0 Å². The third-order valence-electron chi connectivity index (χ3n) is 1.66. The van der Waals surface area contributed by atoms with Gasteiger partial charge in [0.25, 0.3) is 0 Å². The number of carbonyl (C=O) groups is 1. The maximum atomic E-state index is 11.4. The second-order valence-corrected chi connectivity index (χ2v) is 2.62. The number of hydrogen-bond donors (Lipinski definition) is 0. The minimum absolute atomic E-state index is 0.271. The Morgan fingerprint density at radius 2 is 1.73 bits per heavy atom. The van der Waals surface area contributed by atoms with E-state index in [4.69, 9.17) is 0 Å².